The number of rotatable bonds is 8. The number of amides is 2. The first kappa shape index (κ1) is 35.1. The molecule has 1 saturated carbocycles. The average molecular weight is 723 g/mol. The van der Waals surface area contributed by atoms with Gasteiger partial charge in [0.1, 0.15) is 16.9 Å². The second kappa shape index (κ2) is 13.0. The molecule has 4 heterocycles. The minimum Gasteiger partial charge on any atom is -0.444 e. The fourth-order valence-electron chi connectivity index (χ4n) is 6.88. The summed E-state index contributed by atoms with van der Waals surface area (Å²) < 4.78 is 33.1. The van der Waals surface area contributed by atoms with Crippen molar-refractivity contribution in [2.45, 2.75) is 63.6 Å². The average Bonchev–Trinajstić information content (AvgIpc) is 3.65. The molecule has 1 aliphatic heterocycles. The van der Waals surface area contributed by atoms with Gasteiger partial charge in [-0.3, -0.25) is 9.36 Å². The van der Waals surface area contributed by atoms with Crippen molar-refractivity contribution >= 4 is 44.7 Å². The lowest BCUT2D eigenvalue weighted by Gasteiger charge is -2.43. The zero-order valence-corrected chi connectivity index (χ0v) is 30.6. The van der Waals surface area contributed by atoms with Gasteiger partial charge in [-0.25, -0.2) is 28.2 Å². The van der Waals surface area contributed by atoms with E-state index in [1.165, 1.54) is 11.4 Å². The molecule has 14 heteroatoms. The van der Waals surface area contributed by atoms with Crippen LogP contribution in [0, 0.1) is 0 Å². The van der Waals surface area contributed by atoms with E-state index in [-0.39, 0.29) is 18.9 Å². The molecule has 1 saturated heterocycles. The Morgan fingerprint density at radius 3 is 2.42 bits per heavy atom. The Hall–Kier alpha value is -5.34. The number of nitrogen functional groups attached to an aromatic ring is 1. The first-order valence-electron chi connectivity index (χ1n) is 17.2. The van der Waals surface area contributed by atoms with Crippen LogP contribution in [0.1, 0.15) is 52.0 Å². The van der Waals surface area contributed by atoms with Gasteiger partial charge in [0.15, 0.2) is 11.5 Å². The Kier molecular flexibility index (Phi) is 8.78. The number of carbonyl (C=O) groups is 2. The number of nitrogens with zero attached hydrogens (tertiary/aromatic N) is 6. The number of fused-ring (bicyclic) bond motifs is 1. The van der Waals surface area contributed by atoms with Gasteiger partial charge in [0.2, 0.25) is 15.9 Å². The number of hydrogen-bond acceptors (Lipinski definition) is 9. The highest BCUT2D eigenvalue weighted by molar-refractivity contribution is 7.88. The Bertz CT molecular complexity index is 2290. The van der Waals surface area contributed by atoms with Gasteiger partial charge in [-0.1, -0.05) is 24.3 Å². The van der Waals surface area contributed by atoms with Crippen molar-refractivity contribution in [3.05, 3.63) is 84.6 Å². The third-order valence-electron chi connectivity index (χ3n) is 9.80. The molecule has 2 fully saturated rings. The quantitative estimate of drug-likeness (QED) is 0.206. The van der Waals surface area contributed by atoms with E-state index < -0.39 is 33.3 Å². The largest absolute Gasteiger partial charge is 0.444 e. The molecule has 0 spiro atoms. The zero-order valence-electron chi connectivity index (χ0n) is 29.8. The van der Waals surface area contributed by atoms with Gasteiger partial charge in [0.05, 0.1) is 29.1 Å². The van der Waals surface area contributed by atoms with Crippen molar-refractivity contribution in [1.82, 2.24) is 29.1 Å². The van der Waals surface area contributed by atoms with Crippen LogP contribution in [0.4, 0.5) is 16.3 Å². The first-order valence-corrected chi connectivity index (χ1v) is 19.0. The third-order valence-corrected chi connectivity index (χ3v) is 11.1. The first-order chi connectivity index (χ1) is 24.6. The minimum absolute atomic E-state index is 0.106. The maximum Gasteiger partial charge on any atom is 0.408 e. The minimum atomic E-state index is -3.45. The van der Waals surface area contributed by atoms with E-state index in [4.69, 9.17) is 20.4 Å². The second-order valence-electron chi connectivity index (χ2n) is 14.5. The number of imidazole rings is 1. The maximum atomic E-state index is 13.1. The number of pyridine rings is 2. The number of ether oxygens (including phenoxy) is 1. The molecule has 1 atom stereocenters. The summed E-state index contributed by atoms with van der Waals surface area (Å²) in [5, 5.41) is 3.13. The van der Waals surface area contributed by atoms with Gasteiger partial charge in [0.25, 0.3) is 0 Å². The molecule has 3 N–H and O–H groups in total. The molecule has 1 aliphatic carbocycles. The number of carbonyl (C=O) groups excluding carboxylic acids is 2. The molecule has 0 unspecified atom stereocenters. The van der Waals surface area contributed by atoms with E-state index in [2.05, 4.69) is 10.3 Å². The number of likely N-dealkylation sites (N-methyl/N-ethyl adjacent to an activating group) is 1. The molecule has 3 aromatic heterocycles. The van der Waals surface area contributed by atoms with Gasteiger partial charge < -0.3 is 20.7 Å². The summed E-state index contributed by atoms with van der Waals surface area (Å²) in [6, 6.07) is 22.5. The Labute approximate surface area is 302 Å². The van der Waals surface area contributed by atoms with Crippen LogP contribution in [0.5, 0.6) is 0 Å². The predicted molar refractivity (Wildman–Crippen MR) is 200 cm³/mol. The molecular formula is C38H42N8O5S. The van der Waals surface area contributed by atoms with E-state index in [1.54, 1.807) is 11.1 Å². The fourth-order valence-corrected chi connectivity index (χ4v) is 7.56. The molecule has 2 amide bonds. The lowest BCUT2D eigenvalue weighted by atomic mass is 9.72. The molecule has 2 aliphatic rings. The van der Waals surface area contributed by atoms with Crippen molar-refractivity contribution in [2.75, 3.05) is 30.5 Å². The summed E-state index contributed by atoms with van der Waals surface area (Å²) in [7, 11) is -1.95. The third kappa shape index (κ3) is 6.71. The van der Waals surface area contributed by atoms with E-state index in [1.807, 2.05) is 98.1 Å². The number of hydrogen-bond donors (Lipinski definition) is 2. The van der Waals surface area contributed by atoms with Crippen molar-refractivity contribution < 1.29 is 22.7 Å². The topological polar surface area (TPSA) is 166 Å². The van der Waals surface area contributed by atoms with Gasteiger partial charge in [-0.2, -0.15) is 4.31 Å². The van der Waals surface area contributed by atoms with Crippen LogP contribution in [0.2, 0.25) is 0 Å². The van der Waals surface area contributed by atoms with Crippen LogP contribution >= 0.6 is 0 Å². The van der Waals surface area contributed by atoms with Crippen LogP contribution in [0.25, 0.3) is 39.5 Å². The molecule has 2 aromatic carbocycles. The summed E-state index contributed by atoms with van der Waals surface area (Å²) in [5.41, 5.74) is 11.0. The molecule has 5 aromatic rings. The van der Waals surface area contributed by atoms with E-state index >= 15 is 0 Å². The normalized spacial score (nSPS) is 17.4. The lowest BCUT2D eigenvalue weighted by Crippen LogP contribution is -2.52. The van der Waals surface area contributed by atoms with Crippen molar-refractivity contribution in [3.8, 4) is 28.3 Å². The fraction of sp³-hybridized carbons (Fsp3) is 0.342. The number of nitrogens with two attached hydrogens (primary N) is 1. The molecule has 7 rings (SSSR count). The number of nitrogens with one attached hydrogen (secondary N) is 1. The molecule has 0 radical (unpaired) electrons. The van der Waals surface area contributed by atoms with Crippen LogP contribution in [-0.2, 0) is 25.1 Å². The van der Waals surface area contributed by atoms with E-state index in [9.17, 15) is 18.0 Å². The molecule has 13 nitrogen and oxygen atoms in total. The summed E-state index contributed by atoms with van der Waals surface area (Å²) in [5.74, 6) is 0.751. The number of aromatic nitrogens is 4. The standard InChI is InChI=1S/C38H42N8O5S/c1-37(2,3)51-36(48)43-38(18-8-19-38)25-12-14-26(15-13-25)46-34(29-11-7-20-40-33(29)39)42-31-17-16-30(41-35(31)46)24-9-6-10-27(21-24)45-23-28(22-32(45)47)44(4)52(5,49)50/h6-7,9-17,20-21,28H,8,18-19,22-23H2,1-5H3,(H2,39,40)(H,43,48)/t28-/m1/s1. The maximum absolute atomic E-state index is 13.1. The van der Waals surface area contributed by atoms with Gasteiger partial charge in [0, 0.05) is 43.1 Å². The molecular weight excluding hydrogens is 681 g/mol. The van der Waals surface area contributed by atoms with Crippen molar-refractivity contribution in [2.24, 2.45) is 0 Å². The number of sulfonamides is 1. The highest BCUT2D eigenvalue weighted by atomic mass is 32.2. The van der Waals surface area contributed by atoms with Gasteiger partial charge >= 0.3 is 6.09 Å². The molecule has 0 bridgehead atoms. The SMILES string of the molecule is CN([C@@H]1CC(=O)N(c2cccc(-c3ccc4nc(-c5cccnc5N)n(-c5ccc(C6(NC(=O)OC(C)(C)C)CCC6)cc5)c4n3)c2)C1)S(C)(=O)=O. The summed E-state index contributed by atoms with van der Waals surface area (Å²) in [4.78, 5) is 41.9. The highest BCUT2D eigenvalue weighted by Gasteiger charge is 2.41. The molecule has 270 valence electrons. The van der Waals surface area contributed by atoms with Crippen LogP contribution < -0.4 is 16.0 Å². The number of alkyl carbamates (subject to hydrolysis) is 1. The van der Waals surface area contributed by atoms with Gasteiger partial charge in [-0.15, -0.1) is 0 Å². The lowest BCUT2D eigenvalue weighted by molar-refractivity contribution is -0.117. The van der Waals surface area contributed by atoms with Crippen molar-refractivity contribution in [1.29, 1.82) is 0 Å². The summed E-state index contributed by atoms with van der Waals surface area (Å²) in [6.45, 7) is 5.79. The molecule has 52 heavy (non-hydrogen) atoms. The summed E-state index contributed by atoms with van der Waals surface area (Å²) >= 11 is 0. The van der Waals surface area contributed by atoms with Crippen LogP contribution in [-0.4, -0.2) is 75.7 Å². The Morgan fingerprint density at radius 1 is 1.02 bits per heavy atom. The van der Waals surface area contributed by atoms with Crippen molar-refractivity contribution in [3.63, 3.8) is 0 Å². The zero-order chi connectivity index (χ0) is 37.0. The monoisotopic (exact) mass is 722 g/mol. The summed E-state index contributed by atoms with van der Waals surface area (Å²) in [6.07, 6.45) is 5.04. The Morgan fingerprint density at radius 2 is 1.77 bits per heavy atom. The smallest absolute Gasteiger partial charge is 0.408 e. The second-order valence-corrected chi connectivity index (χ2v) is 16.6. The van der Waals surface area contributed by atoms with E-state index in [0.717, 1.165) is 42.3 Å². The van der Waals surface area contributed by atoms with Crippen LogP contribution in [0.3, 0.4) is 0 Å². The van der Waals surface area contributed by atoms with E-state index in [0.29, 0.717) is 39.8 Å². The Balaban J connectivity index is 1.26. The van der Waals surface area contributed by atoms with Gasteiger partial charge in [-0.05, 0) is 94.1 Å². The predicted octanol–water partition coefficient (Wildman–Crippen LogP) is 5.63. The number of anilines is 2. The number of benzene rings is 2. The highest BCUT2D eigenvalue weighted by Crippen LogP contribution is 2.42. The van der Waals surface area contributed by atoms with Crippen LogP contribution in [0.15, 0.2) is 79.0 Å².